The summed E-state index contributed by atoms with van der Waals surface area (Å²) in [5, 5.41) is 2.61. The second kappa shape index (κ2) is 8.25. The van der Waals surface area contributed by atoms with Crippen molar-refractivity contribution in [2.75, 3.05) is 16.8 Å². The Morgan fingerprint density at radius 1 is 0.846 bits per heavy atom. The van der Waals surface area contributed by atoms with Gasteiger partial charge in [-0.25, -0.2) is 8.78 Å². The second-order valence-corrected chi connectivity index (χ2v) is 5.85. The molecule has 3 aromatic carbocycles. The van der Waals surface area contributed by atoms with Gasteiger partial charge >= 0.3 is 0 Å². The number of rotatable bonds is 6. The summed E-state index contributed by atoms with van der Waals surface area (Å²) in [4.78, 5) is 14.3. The van der Waals surface area contributed by atoms with E-state index in [-0.39, 0.29) is 18.1 Å². The summed E-state index contributed by atoms with van der Waals surface area (Å²) in [6.07, 6.45) is 0. The number of hydrogen-bond donors (Lipinski definition) is 1. The van der Waals surface area contributed by atoms with Crippen LogP contribution in [0.2, 0.25) is 0 Å². The number of anilines is 2. The van der Waals surface area contributed by atoms with Gasteiger partial charge in [-0.3, -0.25) is 4.79 Å². The first-order valence-corrected chi connectivity index (χ1v) is 8.20. The Bertz CT molecular complexity index is 870. The average molecular weight is 352 g/mol. The molecule has 3 nitrogen and oxygen atoms in total. The highest BCUT2D eigenvalue weighted by atomic mass is 19.2. The molecule has 1 amide bonds. The third kappa shape index (κ3) is 4.66. The lowest BCUT2D eigenvalue weighted by Gasteiger charge is -2.24. The molecule has 0 unspecified atom stereocenters. The first-order chi connectivity index (χ1) is 12.6. The van der Waals surface area contributed by atoms with Crippen LogP contribution in [0.1, 0.15) is 5.56 Å². The number of benzene rings is 3. The van der Waals surface area contributed by atoms with Crippen LogP contribution in [0, 0.1) is 11.6 Å². The molecule has 132 valence electrons. The maximum atomic E-state index is 13.3. The van der Waals surface area contributed by atoms with Crippen LogP contribution in [0.15, 0.2) is 78.9 Å². The predicted molar refractivity (Wildman–Crippen MR) is 98.9 cm³/mol. The van der Waals surface area contributed by atoms with Crippen molar-refractivity contribution >= 4 is 17.3 Å². The quantitative estimate of drug-likeness (QED) is 0.703. The van der Waals surface area contributed by atoms with Crippen molar-refractivity contribution in [3.63, 3.8) is 0 Å². The number of nitrogens with one attached hydrogen (secondary N) is 1. The van der Waals surface area contributed by atoms with Crippen LogP contribution in [0.5, 0.6) is 0 Å². The van der Waals surface area contributed by atoms with E-state index in [2.05, 4.69) is 5.32 Å². The highest BCUT2D eigenvalue weighted by molar-refractivity contribution is 5.94. The van der Waals surface area contributed by atoms with Crippen molar-refractivity contribution in [3.8, 4) is 0 Å². The van der Waals surface area contributed by atoms with Crippen LogP contribution in [-0.2, 0) is 11.3 Å². The Kier molecular flexibility index (Phi) is 5.59. The lowest BCUT2D eigenvalue weighted by atomic mass is 10.2. The van der Waals surface area contributed by atoms with Gasteiger partial charge in [0.15, 0.2) is 11.6 Å². The zero-order chi connectivity index (χ0) is 18.4. The van der Waals surface area contributed by atoms with E-state index >= 15 is 0 Å². The van der Waals surface area contributed by atoms with Gasteiger partial charge in [0.1, 0.15) is 0 Å². The molecule has 0 aliphatic carbocycles. The van der Waals surface area contributed by atoms with Crippen molar-refractivity contribution in [1.29, 1.82) is 0 Å². The molecular formula is C21H18F2N2O. The lowest BCUT2D eigenvalue weighted by Crippen LogP contribution is -2.32. The standard InChI is InChI=1S/C21H18F2N2O/c22-19-12-11-17(13-20(19)23)24-21(26)15-25(18-9-5-2-6-10-18)14-16-7-3-1-4-8-16/h1-13H,14-15H2,(H,24,26). The van der Waals surface area contributed by atoms with Crippen LogP contribution < -0.4 is 10.2 Å². The van der Waals surface area contributed by atoms with E-state index < -0.39 is 11.6 Å². The van der Waals surface area contributed by atoms with E-state index in [4.69, 9.17) is 0 Å². The molecule has 26 heavy (non-hydrogen) atoms. The topological polar surface area (TPSA) is 32.3 Å². The SMILES string of the molecule is O=C(CN(Cc1ccccc1)c1ccccc1)Nc1ccc(F)c(F)c1. The largest absolute Gasteiger partial charge is 0.358 e. The third-order valence-electron chi connectivity index (χ3n) is 3.88. The summed E-state index contributed by atoms with van der Waals surface area (Å²) in [5.74, 6) is -2.25. The smallest absolute Gasteiger partial charge is 0.243 e. The van der Waals surface area contributed by atoms with Gasteiger partial charge in [0.2, 0.25) is 5.91 Å². The maximum Gasteiger partial charge on any atom is 0.243 e. The van der Waals surface area contributed by atoms with E-state index in [0.29, 0.717) is 6.54 Å². The fourth-order valence-corrected chi connectivity index (χ4v) is 2.63. The fraction of sp³-hybridized carbons (Fsp3) is 0.0952. The number of carbonyl (C=O) groups excluding carboxylic acids is 1. The monoisotopic (exact) mass is 352 g/mol. The number of nitrogens with zero attached hydrogens (tertiary/aromatic N) is 1. The highest BCUT2D eigenvalue weighted by Crippen LogP contribution is 2.18. The van der Waals surface area contributed by atoms with Crippen LogP contribution in [0.3, 0.4) is 0 Å². The molecule has 0 radical (unpaired) electrons. The molecular weight excluding hydrogens is 334 g/mol. The molecule has 1 N–H and O–H groups in total. The Hall–Kier alpha value is -3.21. The summed E-state index contributed by atoms with van der Waals surface area (Å²) in [6, 6.07) is 22.7. The molecule has 0 aromatic heterocycles. The minimum atomic E-state index is -0.994. The van der Waals surface area contributed by atoms with Crippen molar-refractivity contribution in [2.24, 2.45) is 0 Å². The number of carbonyl (C=O) groups is 1. The first-order valence-electron chi connectivity index (χ1n) is 8.20. The summed E-state index contributed by atoms with van der Waals surface area (Å²) in [5.41, 5.74) is 2.19. The minimum Gasteiger partial charge on any atom is -0.358 e. The molecule has 0 saturated heterocycles. The van der Waals surface area contributed by atoms with Gasteiger partial charge in [0, 0.05) is 24.0 Å². The van der Waals surface area contributed by atoms with Crippen LogP contribution in [-0.4, -0.2) is 12.5 Å². The molecule has 0 heterocycles. The number of hydrogen-bond acceptors (Lipinski definition) is 2. The van der Waals surface area contributed by atoms with Crippen molar-refractivity contribution in [3.05, 3.63) is 96.1 Å². The zero-order valence-corrected chi connectivity index (χ0v) is 14.0. The van der Waals surface area contributed by atoms with E-state index in [9.17, 15) is 13.6 Å². The molecule has 0 aliphatic heterocycles. The van der Waals surface area contributed by atoms with Crippen LogP contribution in [0.4, 0.5) is 20.2 Å². The minimum absolute atomic E-state index is 0.0813. The normalized spacial score (nSPS) is 10.4. The molecule has 0 aliphatic rings. The molecule has 3 aromatic rings. The predicted octanol–water partition coefficient (Wildman–Crippen LogP) is 4.61. The highest BCUT2D eigenvalue weighted by Gasteiger charge is 2.13. The van der Waals surface area contributed by atoms with E-state index in [1.54, 1.807) is 0 Å². The average Bonchev–Trinajstić information content (AvgIpc) is 2.66. The van der Waals surface area contributed by atoms with Crippen molar-refractivity contribution < 1.29 is 13.6 Å². The molecule has 0 atom stereocenters. The Balaban J connectivity index is 1.74. The number of para-hydroxylation sites is 1. The summed E-state index contributed by atoms with van der Waals surface area (Å²) in [6.45, 7) is 0.633. The zero-order valence-electron chi connectivity index (χ0n) is 14.0. The Morgan fingerprint density at radius 2 is 1.50 bits per heavy atom. The summed E-state index contributed by atoms with van der Waals surface area (Å²) < 4.78 is 26.3. The number of amides is 1. The second-order valence-electron chi connectivity index (χ2n) is 5.85. The maximum absolute atomic E-state index is 13.3. The van der Waals surface area contributed by atoms with Crippen molar-refractivity contribution in [2.45, 2.75) is 6.54 Å². The van der Waals surface area contributed by atoms with E-state index in [0.717, 1.165) is 23.4 Å². The summed E-state index contributed by atoms with van der Waals surface area (Å²) in [7, 11) is 0. The van der Waals surface area contributed by atoms with Gasteiger partial charge in [-0.1, -0.05) is 48.5 Å². The molecule has 0 bridgehead atoms. The van der Waals surface area contributed by atoms with Gasteiger partial charge in [-0.2, -0.15) is 0 Å². The fourth-order valence-electron chi connectivity index (χ4n) is 2.63. The lowest BCUT2D eigenvalue weighted by molar-refractivity contribution is -0.115. The van der Waals surface area contributed by atoms with Gasteiger partial charge in [-0.05, 0) is 29.8 Å². The van der Waals surface area contributed by atoms with E-state index in [1.807, 2.05) is 65.6 Å². The Morgan fingerprint density at radius 3 is 2.15 bits per heavy atom. The third-order valence-corrected chi connectivity index (χ3v) is 3.88. The van der Waals surface area contributed by atoms with Crippen molar-refractivity contribution in [1.82, 2.24) is 0 Å². The van der Waals surface area contributed by atoms with Crippen LogP contribution >= 0.6 is 0 Å². The molecule has 0 saturated carbocycles. The van der Waals surface area contributed by atoms with Gasteiger partial charge in [0.25, 0.3) is 0 Å². The van der Waals surface area contributed by atoms with Crippen LogP contribution in [0.25, 0.3) is 0 Å². The molecule has 0 fully saturated rings. The first kappa shape index (κ1) is 17.6. The number of halogens is 2. The Labute approximate surface area is 150 Å². The van der Waals surface area contributed by atoms with Gasteiger partial charge in [0.05, 0.1) is 6.54 Å². The van der Waals surface area contributed by atoms with E-state index in [1.165, 1.54) is 6.07 Å². The molecule has 5 heteroatoms. The molecule has 0 spiro atoms. The summed E-state index contributed by atoms with van der Waals surface area (Å²) >= 11 is 0. The van der Waals surface area contributed by atoms with Gasteiger partial charge < -0.3 is 10.2 Å². The molecule has 3 rings (SSSR count). The van der Waals surface area contributed by atoms with Gasteiger partial charge in [-0.15, -0.1) is 0 Å².